The number of carbonyl (C=O) groups excluding carboxylic acids is 1. The van der Waals surface area contributed by atoms with E-state index in [0.29, 0.717) is 18.7 Å². The molecule has 0 bridgehead atoms. The molecule has 1 saturated heterocycles. The predicted molar refractivity (Wildman–Crippen MR) is 134 cm³/mol. The minimum Gasteiger partial charge on any atom is -0.381 e. The van der Waals surface area contributed by atoms with Crippen LogP contribution in [-0.2, 0) is 11.3 Å². The molecule has 0 spiro atoms. The van der Waals surface area contributed by atoms with Crippen molar-refractivity contribution in [2.45, 2.75) is 26.3 Å². The minimum atomic E-state index is -0.0481. The van der Waals surface area contributed by atoms with E-state index in [1.165, 1.54) is 5.56 Å². The first kappa shape index (κ1) is 23.2. The van der Waals surface area contributed by atoms with Gasteiger partial charge in [0.05, 0.1) is 11.1 Å². The Hall–Kier alpha value is -2.96. The number of rotatable bonds is 10. The third-order valence-corrected chi connectivity index (χ3v) is 5.99. The second-order valence-electron chi connectivity index (χ2n) is 8.52. The molecule has 3 aromatic rings. The van der Waals surface area contributed by atoms with Gasteiger partial charge in [0.15, 0.2) is 0 Å². The summed E-state index contributed by atoms with van der Waals surface area (Å²) in [4.78, 5) is 22.7. The van der Waals surface area contributed by atoms with Crippen molar-refractivity contribution in [3.8, 4) is 0 Å². The molecule has 1 amide bonds. The van der Waals surface area contributed by atoms with Crippen LogP contribution in [0.25, 0.3) is 10.9 Å². The average Bonchev–Trinajstić information content (AvgIpc) is 2.86. The molecule has 1 aliphatic heterocycles. The first-order valence-electron chi connectivity index (χ1n) is 12.0. The fourth-order valence-corrected chi connectivity index (χ4v) is 4.21. The summed E-state index contributed by atoms with van der Waals surface area (Å²) in [6, 6.07) is 20.5. The topological polar surface area (TPSA) is 57.7 Å². The standard InChI is InChI=1S/C27H34N4O2/c1-2-18-33-19-8-13-28-27(32)24-20-26(29-25-12-7-6-11-23(24)25)31-16-14-30(15-17-31)21-22-9-4-3-5-10-22/h3-7,9-12,20H,2,8,13-19,21H2,1H3,(H,28,32). The molecule has 0 saturated carbocycles. The minimum absolute atomic E-state index is 0.0481. The van der Waals surface area contributed by atoms with Crippen LogP contribution in [0.2, 0.25) is 0 Å². The normalized spacial score (nSPS) is 14.5. The lowest BCUT2D eigenvalue weighted by molar-refractivity contribution is 0.0943. The highest BCUT2D eigenvalue weighted by Crippen LogP contribution is 2.24. The van der Waals surface area contributed by atoms with Crippen LogP contribution in [0.15, 0.2) is 60.7 Å². The number of hydrogen-bond acceptors (Lipinski definition) is 5. The lowest BCUT2D eigenvalue weighted by Gasteiger charge is -2.35. The van der Waals surface area contributed by atoms with Gasteiger partial charge in [-0.25, -0.2) is 4.98 Å². The number of nitrogens with one attached hydrogen (secondary N) is 1. The lowest BCUT2D eigenvalue weighted by atomic mass is 10.1. The van der Waals surface area contributed by atoms with Gasteiger partial charge < -0.3 is 15.0 Å². The van der Waals surface area contributed by atoms with E-state index in [2.05, 4.69) is 52.4 Å². The summed E-state index contributed by atoms with van der Waals surface area (Å²) in [6.07, 6.45) is 1.82. The van der Waals surface area contributed by atoms with Gasteiger partial charge in [-0.2, -0.15) is 0 Å². The van der Waals surface area contributed by atoms with Crippen LogP contribution < -0.4 is 10.2 Å². The van der Waals surface area contributed by atoms with Crippen LogP contribution in [0.5, 0.6) is 0 Å². The zero-order chi connectivity index (χ0) is 22.9. The highest BCUT2D eigenvalue weighted by atomic mass is 16.5. The van der Waals surface area contributed by atoms with Crippen molar-refractivity contribution in [1.29, 1.82) is 0 Å². The monoisotopic (exact) mass is 446 g/mol. The first-order valence-corrected chi connectivity index (χ1v) is 12.0. The summed E-state index contributed by atoms with van der Waals surface area (Å²) >= 11 is 0. The number of aromatic nitrogens is 1. The molecule has 6 nitrogen and oxygen atoms in total. The van der Waals surface area contributed by atoms with Gasteiger partial charge in [-0.15, -0.1) is 0 Å². The number of nitrogens with zero attached hydrogens (tertiary/aromatic N) is 3. The molecule has 0 aliphatic carbocycles. The van der Waals surface area contributed by atoms with E-state index >= 15 is 0 Å². The maximum atomic E-state index is 13.0. The Morgan fingerprint density at radius 3 is 2.55 bits per heavy atom. The molecular weight excluding hydrogens is 412 g/mol. The number of amides is 1. The van der Waals surface area contributed by atoms with E-state index in [1.807, 2.05) is 30.3 Å². The van der Waals surface area contributed by atoms with Gasteiger partial charge >= 0.3 is 0 Å². The Bertz CT molecular complexity index is 1030. The molecule has 174 valence electrons. The van der Waals surface area contributed by atoms with Crippen molar-refractivity contribution in [3.05, 3.63) is 71.8 Å². The second-order valence-corrected chi connectivity index (χ2v) is 8.52. The Balaban J connectivity index is 1.41. The van der Waals surface area contributed by atoms with Crippen molar-refractivity contribution in [2.75, 3.05) is 50.8 Å². The van der Waals surface area contributed by atoms with E-state index in [0.717, 1.165) is 68.9 Å². The number of fused-ring (bicyclic) bond motifs is 1. The fraction of sp³-hybridized carbons (Fsp3) is 0.407. The summed E-state index contributed by atoms with van der Waals surface area (Å²) in [6.45, 7) is 8.85. The van der Waals surface area contributed by atoms with Crippen LogP contribution in [0.3, 0.4) is 0 Å². The van der Waals surface area contributed by atoms with Crippen LogP contribution >= 0.6 is 0 Å². The average molecular weight is 447 g/mol. The molecule has 33 heavy (non-hydrogen) atoms. The molecule has 1 N–H and O–H groups in total. The molecule has 0 atom stereocenters. The quantitative estimate of drug-likeness (QED) is 0.475. The van der Waals surface area contributed by atoms with E-state index in [-0.39, 0.29) is 5.91 Å². The summed E-state index contributed by atoms with van der Waals surface area (Å²) in [5.41, 5.74) is 2.89. The lowest BCUT2D eigenvalue weighted by Crippen LogP contribution is -2.46. The van der Waals surface area contributed by atoms with Crippen LogP contribution in [0.1, 0.15) is 35.7 Å². The largest absolute Gasteiger partial charge is 0.381 e. The Labute approximate surface area is 196 Å². The van der Waals surface area contributed by atoms with Crippen molar-refractivity contribution in [2.24, 2.45) is 0 Å². The van der Waals surface area contributed by atoms with E-state index in [9.17, 15) is 4.79 Å². The number of anilines is 1. The zero-order valence-corrected chi connectivity index (χ0v) is 19.5. The second kappa shape index (κ2) is 11.8. The SMILES string of the molecule is CCCOCCCNC(=O)c1cc(N2CCN(Cc3ccccc3)CC2)nc2ccccc12. The maximum absolute atomic E-state index is 13.0. The molecule has 4 rings (SSSR count). The molecule has 2 heterocycles. The van der Waals surface area contributed by atoms with Gasteiger partial charge in [-0.3, -0.25) is 9.69 Å². The van der Waals surface area contributed by atoms with Crippen LogP contribution in [0, 0.1) is 0 Å². The number of benzene rings is 2. The predicted octanol–water partition coefficient (Wildman–Crippen LogP) is 4.10. The zero-order valence-electron chi connectivity index (χ0n) is 19.5. The highest BCUT2D eigenvalue weighted by molar-refractivity contribution is 6.07. The van der Waals surface area contributed by atoms with Crippen molar-refractivity contribution in [1.82, 2.24) is 15.2 Å². The van der Waals surface area contributed by atoms with E-state index < -0.39 is 0 Å². The number of piperazine rings is 1. The van der Waals surface area contributed by atoms with Gasteiger partial charge in [0.25, 0.3) is 5.91 Å². The van der Waals surface area contributed by atoms with Crippen LogP contribution in [0.4, 0.5) is 5.82 Å². The molecule has 1 aliphatic rings. The van der Waals surface area contributed by atoms with Gasteiger partial charge in [-0.05, 0) is 30.5 Å². The Morgan fingerprint density at radius 2 is 1.76 bits per heavy atom. The number of para-hydroxylation sites is 1. The summed E-state index contributed by atoms with van der Waals surface area (Å²) in [7, 11) is 0. The van der Waals surface area contributed by atoms with Gasteiger partial charge in [0.1, 0.15) is 5.82 Å². The van der Waals surface area contributed by atoms with Crippen molar-refractivity contribution < 1.29 is 9.53 Å². The molecule has 0 unspecified atom stereocenters. The number of carbonyl (C=O) groups is 1. The summed E-state index contributed by atoms with van der Waals surface area (Å²) in [5.74, 6) is 0.831. The van der Waals surface area contributed by atoms with Crippen LogP contribution in [-0.4, -0.2) is 61.7 Å². The molecular formula is C27H34N4O2. The van der Waals surface area contributed by atoms with Gasteiger partial charge in [-0.1, -0.05) is 55.5 Å². The van der Waals surface area contributed by atoms with Crippen molar-refractivity contribution >= 4 is 22.6 Å². The first-order chi connectivity index (χ1) is 16.2. The number of hydrogen-bond donors (Lipinski definition) is 1. The fourth-order valence-electron chi connectivity index (χ4n) is 4.21. The third-order valence-electron chi connectivity index (χ3n) is 5.99. The van der Waals surface area contributed by atoms with E-state index in [1.54, 1.807) is 0 Å². The Morgan fingerprint density at radius 1 is 1.00 bits per heavy atom. The number of ether oxygens (including phenoxy) is 1. The highest BCUT2D eigenvalue weighted by Gasteiger charge is 2.21. The molecule has 2 aromatic carbocycles. The molecule has 1 fully saturated rings. The van der Waals surface area contributed by atoms with Gasteiger partial charge in [0, 0.05) is 57.9 Å². The molecule has 0 radical (unpaired) electrons. The van der Waals surface area contributed by atoms with E-state index in [4.69, 9.17) is 9.72 Å². The Kier molecular flexibility index (Phi) is 8.28. The van der Waals surface area contributed by atoms with Gasteiger partial charge in [0.2, 0.25) is 0 Å². The van der Waals surface area contributed by atoms with Crippen molar-refractivity contribution in [3.63, 3.8) is 0 Å². The third kappa shape index (κ3) is 6.30. The maximum Gasteiger partial charge on any atom is 0.252 e. The smallest absolute Gasteiger partial charge is 0.252 e. The molecule has 6 heteroatoms. The molecule has 1 aromatic heterocycles. The summed E-state index contributed by atoms with van der Waals surface area (Å²) < 4.78 is 5.51. The summed E-state index contributed by atoms with van der Waals surface area (Å²) in [5, 5.41) is 3.95. The number of pyridine rings is 1.